The molecule has 0 atom stereocenters. The lowest BCUT2D eigenvalue weighted by Crippen LogP contribution is -2.25. The van der Waals surface area contributed by atoms with Gasteiger partial charge in [-0.05, 0) is 23.5 Å². The number of benzene rings is 1. The van der Waals surface area contributed by atoms with Gasteiger partial charge < -0.3 is 24.1 Å². The van der Waals surface area contributed by atoms with E-state index in [2.05, 4.69) is 20.6 Å². The highest BCUT2D eigenvalue weighted by molar-refractivity contribution is 7.13. The van der Waals surface area contributed by atoms with Gasteiger partial charge in [-0.25, -0.2) is 0 Å². The second-order valence-electron chi connectivity index (χ2n) is 5.93. The monoisotopic (exact) mass is 430 g/mol. The lowest BCUT2D eigenvalue weighted by Gasteiger charge is -2.14. The fourth-order valence-corrected chi connectivity index (χ4v) is 3.52. The Bertz CT molecular complexity index is 968. The summed E-state index contributed by atoms with van der Waals surface area (Å²) < 4.78 is 5.55. The van der Waals surface area contributed by atoms with E-state index < -0.39 is 0 Å². The van der Waals surface area contributed by atoms with Crippen molar-refractivity contribution in [3.8, 4) is 0 Å². The molecule has 2 heterocycles. The maximum absolute atomic E-state index is 5.62. The van der Waals surface area contributed by atoms with Crippen molar-refractivity contribution in [2.45, 2.75) is 13.5 Å². The van der Waals surface area contributed by atoms with Crippen LogP contribution in [0.1, 0.15) is 28.5 Å². The summed E-state index contributed by atoms with van der Waals surface area (Å²) in [5, 5.41) is 18.0. The Morgan fingerprint density at radius 2 is 2.03 bits per heavy atom. The first-order valence-corrected chi connectivity index (χ1v) is 9.96. The van der Waals surface area contributed by atoms with Crippen LogP contribution in [0, 0.1) is 0 Å². The molecule has 0 fully saturated rings. The Morgan fingerprint density at radius 1 is 1.17 bits per heavy atom. The van der Waals surface area contributed by atoms with Crippen molar-refractivity contribution < 1.29 is 24.1 Å². The van der Waals surface area contributed by atoms with Crippen LogP contribution in [-0.2, 0) is 30.7 Å². The topological polar surface area (TPSA) is 95.6 Å². The van der Waals surface area contributed by atoms with Gasteiger partial charge in [-0.2, -0.15) is 0 Å². The molecular formula is C20H22N4O5S. The first-order chi connectivity index (χ1) is 14.7. The molecule has 1 aromatic heterocycles. The maximum Gasteiger partial charge on any atom is 0.281 e. The van der Waals surface area contributed by atoms with E-state index in [1.54, 1.807) is 6.21 Å². The lowest BCUT2D eigenvalue weighted by molar-refractivity contribution is 0.0672. The van der Waals surface area contributed by atoms with Crippen molar-refractivity contribution in [3.05, 3.63) is 57.3 Å². The zero-order chi connectivity index (χ0) is 21.2. The van der Waals surface area contributed by atoms with Crippen LogP contribution in [0.2, 0.25) is 0 Å². The summed E-state index contributed by atoms with van der Waals surface area (Å²) in [6.07, 6.45) is 1.63. The Balaban J connectivity index is 1.75. The van der Waals surface area contributed by atoms with Gasteiger partial charge in [0.2, 0.25) is 0 Å². The van der Waals surface area contributed by atoms with Gasteiger partial charge in [0.15, 0.2) is 12.3 Å². The van der Waals surface area contributed by atoms with Gasteiger partial charge in [0.05, 0.1) is 16.8 Å². The third-order valence-corrected chi connectivity index (χ3v) is 4.94. The highest BCUT2D eigenvalue weighted by Crippen LogP contribution is 2.21. The van der Waals surface area contributed by atoms with E-state index in [9.17, 15) is 0 Å². The summed E-state index contributed by atoms with van der Waals surface area (Å²) in [7, 11) is 2.96. The Labute approximate surface area is 178 Å². The first kappa shape index (κ1) is 21.3. The molecule has 9 nitrogen and oxygen atoms in total. The molecule has 0 amide bonds. The van der Waals surface area contributed by atoms with E-state index in [0.29, 0.717) is 24.6 Å². The van der Waals surface area contributed by atoms with E-state index in [1.807, 2.05) is 42.6 Å². The second-order valence-corrected chi connectivity index (χ2v) is 6.85. The largest absolute Gasteiger partial charge is 0.470 e. The van der Waals surface area contributed by atoms with Crippen molar-refractivity contribution in [3.63, 3.8) is 0 Å². The summed E-state index contributed by atoms with van der Waals surface area (Å²) >= 11 is 1.47. The Hall–Kier alpha value is -3.40. The fourth-order valence-electron chi connectivity index (χ4n) is 2.64. The van der Waals surface area contributed by atoms with Gasteiger partial charge in [-0.3, -0.25) is 0 Å². The summed E-state index contributed by atoms with van der Waals surface area (Å²) in [6.45, 7) is 2.90. The molecule has 0 saturated carbocycles. The molecule has 2 aromatic rings. The predicted molar refractivity (Wildman–Crippen MR) is 115 cm³/mol. The molecule has 1 aliphatic heterocycles. The molecule has 10 heteroatoms. The Morgan fingerprint density at radius 3 is 2.80 bits per heavy atom. The standard InChI is InChI=1S/C20H22N4O5S/c1-14(17-7-5-4-6-15(17)12-21-25-2)22-29-13-16-8-11-30-19(16)18(23-26-3)20-24-28-10-9-27-20/h4-8,11-12H,9-10,13H2,1-3H3/b21-12+,22-14+,23-18+. The summed E-state index contributed by atoms with van der Waals surface area (Å²) in [5.41, 5.74) is 3.81. The summed E-state index contributed by atoms with van der Waals surface area (Å²) in [6, 6.07) is 9.64. The van der Waals surface area contributed by atoms with Crippen LogP contribution >= 0.6 is 11.3 Å². The van der Waals surface area contributed by atoms with Crippen molar-refractivity contribution in [1.29, 1.82) is 0 Å². The minimum Gasteiger partial charge on any atom is -0.470 e. The number of ether oxygens (including phenoxy) is 1. The highest BCUT2D eigenvalue weighted by atomic mass is 32.1. The van der Waals surface area contributed by atoms with Crippen LogP contribution in [0.5, 0.6) is 0 Å². The molecule has 0 bridgehead atoms. The number of rotatable bonds is 9. The van der Waals surface area contributed by atoms with Gasteiger partial charge in [-0.15, -0.1) is 11.3 Å². The van der Waals surface area contributed by atoms with Crippen LogP contribution in [0.15, 0.2) is 56.3 Å². The van der Waals surface area contributed by atoms with Crippen LogP contribution in [0.25, 0.3) is 0 Å². The minimum absolute atomic E-state index is 0.237. The summed E-state index contributed by atoms with van der Waals surface area (Å²) in [5.74, 6) is 0.276. The average molecular weight is 430 g/mol. The SMILES string of the molecule is CO/N=C(/C1=NOCCO1)c1sccc1CO/N=C(\C)c1ccccc1/C=N/OC. The quantitative estimate of drug-likeness (QED) is 0.449. The number of nitrogens with zero attached hydrogens (tertiary/aromatic N) is 4. The fraction of sp³-hybridized carbons (Fsp3) is 0.300. The molecule has 3 rings (SSSR count). The Kier molecular flexibility index (Phi) is 7.78. The van der Waals surface area contributed by atoms with Gasteiger partial charge in [0.25, 0.3) is 5.90 Å². The minimum atomic E-state index is 0.237. The zero-order valence-electron chi connectivity index (χ0n) is 16.9. The molecule has 0 saturated heterocycles. The zero-order valence-corrected chi connectivity index (χ0v) is 17.7. The van der Waals surface area contributed by atoms with Crippen molar-refractivity contribution >= 4 is 34.9 Å². The van der Waals surface area contributed by atoms with Crippen LogP contribution in [-0.4, -0.2) is 51.0 Å². The average Bonchev–Trinajstić information content (AvgIpc) is 3.25. The van der Waals surface area contributed by atoms with Crippen molar-refractivity contribution in [2.75, 3.05) is 27.4 Å². The van der Waals surface area contributed by atoms with E-state index in [-0.39, 0.29) is 12.5 Å². The predicted octanol–water partition coefficient (Wildman–Crippen LogP) is 3.38. The third kappa shape index (κ3) is 5.35. The van der Waals surface area contributed by atoms with Gasteiger partial charge in [0, 0.05) is 16.7 Å². The molecule has 0 aliphatic carbocycles. The van der Waals surface area contributed by atoms with Crippen molar-refractivity contribution in [1.82, 2.24) is 0 Å². The summed E-state index contributed by atoms with van der Waals surface area (Å²) in [4.78, 5) is 21.3. The molecule has 0 radical (unpaired) electrons. The number of hydrogen-bond donors (Lipinski definition) is 0. The van der Waals surface area contributed by atoms with Crippen molar-refractivity contribution in [2.24, 2.45) is 20.6 Å². The van der Waals surface area contributed by atoms with Gasteiger partial charge in [0.1, 0.15) is 27.4 Å². The van der Waals surface area contributed by atoms with Gasteiger partial charge in [-0.1, -0.05) is 39.7 Å². The first-order valence-electron chi connectivity index (χ1n) is 9.08. The normalized spacial score (nSPS) is 14.7. The van der Waals surface area contributed by atoms with Crippen LogP contribution in [0.4, 0.5) is 0 Å². The maximum atomic E-state index is 5.62. The van der Waals surface area contributed by atoms with E-state index in [0.717, 1.165) is 21.6 Å². The second kappa shape index (κ2) is 11.0. The van der Waals surface area contributed by atoms with Crippen LogP contribution in [0.3, 0.4) is 0 Å². The number of hydrogen-bond acceptors (Lipinski definition) is 10. The van der Waals surface area contributed by atoms with E-state index in [1.165, 1.54) is 25.6 Å². The number of oxime groups is 4. The van der Waals surface area contributed by atoms with E-state index >= 15 is 0 Å². The molecule has 0 spiro atoms. The molecular weight excluding hydrogens is 408 g/mol. The molecule has 30 heavy (non-hydrogen) atoms. The highest BCUT2D eigenvalue weighted by Gasteiger charge is 2.23. The lowest BCUT2D eigenvalue weighted by atomic mass is 10.1. The molecule has 0 unspecified atom stereocenters. The number of thiophene rings is 1. The van der Waals surface area contributed by atoms with Crippen LogP contribution < -0.4 is 0 Å². The molecule has 0 N–H and O–H groups in total. The smallest absolute Gasteiger partial charge is 0.281 e. The molecule has 158 valence electrons. The molecule has 1 aliphatic rings. The van der Waals surface area contributed by atoms with E-state index in [4.69, 9.17) is 24.1 Å². The molecule has 1 aromatic carbocycles. The third-order valence-electron chi connectivity index (χ3n) is 3.98. The van der Waals surface area contributed by atoms with Gasteiger partial charge >= 0.3 is 0 Å².